The van der Waals surface area contributed by atoms with E-state index < -0.39 is 21.7 Å². The number of thiocarbonyl (C=S) groups is 1. The lowest BCUT2D eigenvalue weighted by Gasteiger charge is -2.27. The van der Waals surface area contributed by atoms with Gasteiger partial charge in [0.25, 0.3) is 5.91 Å². The first-order valence-electron chi connectivity index (χ1n) is 7.11. The van der Waals surface area contributed by atoms with Gasteiger partial charge in [0.2, 0.25) is 3.79 Å². The molecule has 0 aliphatic rings. The van der Waals surface area contributed by atoms with Crippen molar-refractivity contribution in [3.05, 3.63) is 63.5 Å². The van der Waals surface area contributed by atoms with Crippen LogP contribution in [0.1, 0.15) is 10.4 Å². The Morgan fingerprint density at radius 2 is 1.62 bits per heavy atom. The number of benzene rings is 2. The quantitative estimate of drug-likeness (QED) is 0.222. The van der Waals surface area contributed by atoms with E-state index in [1.54, 1.807) is 0 Å². The minimum absolute atomic E-state index is 0.155. The minimum atomic E-state index is -1.88. The normalized spacial score (nSPS) is 12.2. The van der Waals surface area contributed by atoms with Gasteiger partial charge in [-0.05, 0) is 83.3 Å². The molecule has 0 saturated heterocycles. The van der Waals surface area contributed by atoms with Crippen molar-refractivity contribution in [1.29, 1.82) is 0 Å². The molecule has 138 valence electrons. The van der Waals surface area contributed by atoms with Crippen molar-refractivity contribution in [3.8, 4) is 0 Å². The predicted octanol–water partition coefficient (Wildman–Crippen LogP) is 4.84. The largest absolute Gasteiger partial charge is 0.339 e. The highest BCUT2D eigenvalue weighted by atomic mass is 127. The molecule has 4 nitrogen and oxygen atoms in total. The van der Waals surface area contributed by atoms with E-state index >= 15 is 0 Å². The molecule has 1 unspecified atom stereocenters. The standard InChI is InChI=1S/C16H12Cl3FIN3OS/c17-16(18,19)14(23-13(25)9-1-3-10(20)4-2-9)24-15(26)22-12-7-5-11(21)6-8-12/h1-8,14H,(H,23,25)(H2,22,24,26). The molecule has 10 heteroatoms. The Morgan fingerprint density at radius 1 is 1.04 bits per heavy atom. The van der Waals surface area contributed by atoms with Gasteiger partial charge < -0.3 is 16.0 Å². The van der Waals surface area contributed by atoms with E-state index in [1.807, 2.05) is 24.3 Å². The Bertz CT molecular complexity index is 785. The number of anilines is 1. The number of hydrogen-bond acceptors (Lipinski definition) is 2. The highest BCUT2D eigenvalue weighted by Gasteiger charge is 2.34. The highest BCUT2D eigenvalue weighted by molar-refractivity contribution is 14.1. The maximum absolute atomic E-state index is 13.0. The average Bonchev–Trinajstić information content (AvgIpc) is 2.56. The fourth-order valence-corrected chi connectivity index (χ4v) is 2.77. The smallest absolute Gasteiger partial charge is 0.252 e. The first-order chi connectivity index (χ1) is 12.1. The molecule has 0 bridgehead atoms. The predicted molar refractivity (Wildman–Crippen MR) is 116 cm³/mol. The Kier molecular flexibility index (Phi) is 7.72. The van der Waals surface area contributed by atoms with Gasteiger partial charge in [0.1, 0.15) is 12.0 Å². The maximum atomic E-state index is 13.0. The molecule has 0 aliphatic carbocycles. The second-order valence-electron chi connectivity index (χ2n) is 5.06. The molecule has 0 aliphatic heterocycles. The summed E-state index contributed by atoms with van der Waals surface area (Å²) in [6.45, 7) is 0. The molecule has 0 aromatic heterocycles. The molecule has 2 aromatic rings. The molecule has 1 atom stereocenters. The van der Waals surface area contributed by atoms with Crippen LogP contribution in [-0.4, -0.2) is 21.0 Å². The zero-order chi connectivity index (χ0) is 19.3. The van der Waals surface area contributed by atoms with Crippen LogP contribution in [0.4, 0.5) is 10.1 Å². The summed E-state index contributed by atoms with van der Waals surface area (Å²) in [6, 6.07) is 12.4. The topological polar surface area (TPSA) is 53.2 Å². The van der Waals surface area contributed by atoms with E-state index in [-0.39, 0.29) is 10.7 Å². The van der Waals surface area contributed by atoms with Gasteiger partial charge in [-0.2, -0.15) is 0 Å². The Hall–Kier alpha value is -0.870. The number of nitrogens with one attached hydrogen (secondary N) is 3. The summed E-state index contributed by atoms with van der Waals surface area (Å²) in [7, 11) is 0. The summed E-state index contributed by atoms with van der Waals surface area (Å²) in [5.74, 6) is -1.01. The van der Waals surface area contributed by atoms with Crippen molar-refractivity contribution in [2.45, 2.75) is 9.96 Å². The summed E-state index contributed by atoms with van der Waals surface area (Å²) in [4.78, 5) is 12.3. The number of halogens is 5. The monoisotopic (exact) mass is 545 g/mol. The van der Waals surface area contributed by atoms with E-state index in [0.29, 0.717) is 0 Å². The Balaban J connectivity index is 2.04. The first-order valence-corrected chi connectivity index (χ1v) is 9.73. The zero-order valence-corrected chi connectivity index (χ0v) is 18.1. The second-order valence-corrected chi connectivity index (χ2v) is 9.08. The van der Waals surface area contributed by atoms with Crippen LogP contribution in [0.5, 0.6) is 0 Å². The lowest BCUT2D eigenvalue weighted by Crippen LogP contribution is -2.56. The molecule has 26 heavy (non-hydrogen) atoms. The van der Waals surface area contributed by atoms with Gasteiger partial charge in [-0.15, -0.1) is 0 Å². The van der Waals surface area contributed by atoms with Crippen LogP contribution >= 0.6 is 69.6 Å². The lowest BCUT2D eigenvalue weighted by atomic mass is 10.2. The number of hydrogen-bond donors (Lipinski definition) is 3. The van der Waals surface area contributed by atoms with Crippen molar-refractivity contribution >= 4 is 86.3 Å². The van der Waals surface area contributed by atoms with E-state index in [2.05, 4.69) is 38.5 Å². The highest BCUT2D eigenvalue weighted by Crippen LogP contribution is 2.29. The molecule has 0 radical (unpaired) electrons. The van der Waals surface area contributed by atoms with Gasteiger partial charge in [-0.25, -0.2) is 4.39 Å². The van der Waals surface area contributed by atoms with Crippen molar-refractivity contribution in [2.75, 3.05) is 5.32 Å². The summed E-state index contributed by atoms with van der Waals surface area (Å²) < 4.78 is 12.2. The summed E-state index contributed by atoms with van der Waals surface area (Å²) in [5.41, 5.74) is 0.944. The van der Waals surface area contributed by atoms with Crippen LogP contribution in [-0.2, 0) is 0 Å². The van der Waals surface area contributed by atoms with Gasteiger partial charge >= 0.3 is 0 Å². The van der Waals surface area contributed by atoms with Crippen molar-refractivity contribution in [2.24, 2.45) is 0 Å². The molecule has 0 spiro atoms. The van der Waals surface area contributed by atoms with Crippen LogP contribution in [0, 0.1) is 9.39 Å². The Labute approximate surface area is 183 Å². The van der Waals surface area contributed by atoms with Crippen LogP contribution in [0.25, 0.3) is 0 Å². The summed E-state index contributed by atoms with van der Waals surface area (Å²) in [6.07, 6.45) is -1.12. The van der Waals surface area contributed by atoms with Crippen molar-refractivity contribution < 1.29 is 9.18 Å². The molecular weight excluding hydrogens is 535 g/mol. The summed E-state index contributed by atoms with van der Waals surface area (Å²) >= 11 is 25.2. The minimum Gasteiger partial charge on any atom is -0.339 e. The fraction of sp³-hybridized carbons (Fsp3) is 0.125. The molecule has 0 saturated carbocycles. The summed E-state index contributed by atoms with van der Waals surface area (Å²) in [5, 5.41) is 8.36. The molecule has 3 N–H and O–H groups in total. The third-order valence-electron chi connectivity index (χ3n) is 3.09. The van der Waals surface area contributed by atoms with E-state index in [4.69, 9.17) is 47.0 Å². The molecular formula is C16H12Cl3FIN3OS. The van der Waals surface area contributed by atoms with E-state index in [9.17, 15) is 9.18 Å². The van der Waals surface area contributed by atoms with Crippen LogP contribution < -0.4 is 16.0 Å². The first kappa shape index (κ1) is 21.4. The zero-order valence-electron chi connectivity index (χ0n) is 12.9. The number of carbonyl (C=O) groups is 1. The third kappa shape index (κ3) is 6.70. The SMILES string of the molecule is O=C(NC(NC(=S)Nc1ccc(I)cc1)C(Cl)(Cl)Cl)c1ccc(F)cc1. The average molecular weight is 547 g/mol. The molecule has 2 aromatic carbocycles. The number of rotatable bonds is 4. The second kappa shape index (κ2) is 9.36. The fourth-order valence-electron chi connectivity index (χ4n) is 1.85. The van der Waals surface area contributed by atoms with Gasteiger partial charge in [0, 0.05) is 14.8 Å². The molecule has 0 heterocycles. The Morgan fingerprint density at radius 3 is 2.15 bits per heavy atom. The third-order valence-corrected chi connectivity index (χ3v) is 4.68. The molecule has 2 rings (SSSR count). The lowest BCUT2D eigenvalue weighted by molar-refractivity contribution is 0.0934. The van der Waals surface area contributed by atoms with Gasteiger partial charge in [0.15, 0.2) is 5.11 Å². The number of alkyl halides is 3. The van der Waals surface area contributed by atoms with Gasteiger partial charge in [-0.1, -0.05) is 34.8 Å². The van der Waals surface area contributed by atoms with Crippen LogP contribution in [0.15, 0.2) is 48.5 Å². The number of amides is 1. The number of carbonyl (C=O) groups excluding carboxylic acids is 1. The molecule has 0 fully saturated rings. The van der Waals surface area contributed by atoms with E-state index in [1.165, 1.54) is 12.1 Å². The van der Waals surface area contributed by atoms with Crippen LogP contribution in [0.3, 0.4) is 0 Å². The van der Waals surface area contributed by atoms with Crippen molar-refractivity contribution in [1.82, 2.24) is 10.6 Å². The molecule has 1 amide bonds. The van der Waals surface area contributed by atoms with Gasteiger partial charge in [-0.3, -0.25) is 4.79 Å². The maximum Gasteiger partial charge on any atom is 0.252 e. The van der Waals surface area contributed by atoms with Crippen LogP contribution in [0.2, 0.25) is 0 Å². The van der Waals surface area contributed by atoms with Gasteiger partial charge in [0.05, 0.1) is 0 Å². The van der Waals surface area contributed by atoms with Crippen molar-refractivity contribution in [3.63, 3.8) is 0 Å². The van der Waals surface area contributed by atoms with E-state index in [0.717, 1.165) is 21.4 Å².